The third-order valence-electron chi connectivity index (χ3n) is 5.76. The molecule has 2 rings (SSSR count). The maximum absolute atomic E-state index is 12.3. The zero-order valence-corrected chi connectivity index (χ0v) is 17.5. The average molecular weight is 422 g/mol. The van der Waals surface area contributed by atoms with Gasteiger partial charge in [-0.25, -0.2) is 0 Å². The molecule has 0 aromatic heterocycles. The second-order valence-electron chi connectivity index (χ2n) is 8.13. The molecule has 0 radical (unpaired) electrons. The first kappa shape index (κ1) is 23.6. The lowest BCUT2D eigenvalue weighted by Crippen LogP contribution is -2.33. The van der Waals surface area contributed by atoms with E-state index in [0.29, 0.717) is 38.5 Å². The van der Waals surface area contributed by atoms with Gasteiger partial charge >= 0.3 is 23.9 Å². The minimum atomic E-state index is -1.000. The van der Waals surface area contributed by atoms with Crippen LogP contribution in [0.2, 0.25) is 0 Å². The van der Waals surface area contributed by atoms with Gasteiger partial charge in [0.1, 0.15) is 0 Å². The maximum Gasteiger partial charge on any atom is 0.310 e. The number of aliphatic carboxylic acids is 2. The number of unbranched alkanes of at least 4 members (excludes halogenated alkanes) is 1. The van der Waals surface area contributed by atoms with Gasteiger partial charge in [0.15, 0.2) is 0 Å². The van der Waals surface area contributed by atoms with Crippen molar-refractivity contribution in [1.82, 2.24) is 0 Å². The van der Waals surface area contributed by atoms with Gasteiger partial charge in [-0.05, 0) is 52.4 Å². The number of carboxylic acid groups (broad SMARTS) is 2. The largest absolute Gasteiger partial charge is 0.481 e. The molecule has 0 aromatic rings. The summed E-state index contributed by atoms with van der Waals surface area (Å²) in [5.41, 5.74) is 1.94. The van der Waals surface area contributed by atoms with Crippen molar-refractivity contribution < 1.29 is 38.9 Å². The zero-order valence-electron chi connectivity index (χ0n) is 17.5. The van der Waals surface area contributed by atoms with Crippen LogP contribution in [0.3, 0.4) is 0 Å². The average Bonchev–Trinajstić information content (AvgIpc) is 2.69. The van der Waals surface area contributed by atoms with E-state index in [9.17, 15) is 29.4 Å². The molecule has 0 heterocycles. The van der Waals surface area contributed by atoms with Crippen LogP contribution in [0.25, 0.3) is 0 Å². The molecule has 8 nitrogen and oxygen atoms in total. The lowest BCUT2D eigenvalue weighted by atomic mass is 9.80. The van der Waals surface area contributed by atoms with Crippen molar-refractivity contribution in [2.24, 2.45) is 23.7 Å². The molecule has 0 bridgehead atoms. The Kier molecular flexibility index (Phi) is 8.62. The fraction of sp³-hybridized carbons (Fsp3) is 0.636. The van der Waals surface area contributed by atoms with Gasteiger partial charge in [0.25, 0.3) is 0 Å². The van der Waals surface area contributed by atoms with Crippen LogP contribution in [-0.4, -0.2) is 47.3 Å². The van der Waals surface area contributed by atoms with Crippen molar-refractivity contribution in [2.45, 2.75) is 52.4 Å². The molecule has 2 N–H and O–H groups in total. The quantitative estimate of drug-likeness (QED) is 0.330. The van der Waals surface area contributed by atoms with Crippen molar-refractivity contribution in [1.29, 1.82) is 0 Å². The molecule has 166 valence electrons. The Hall–Kier alpha value is -2.64. The first-order chi connectivity index (χ1) is 14.2. The van der Waals surface area contributed by atoms with Gasteiger partial charge in [-0.2, -0.15) is 0 Å². The zero-order chi connectivity index (χ0) is 22.3. The van der Waals surface area contributed by atoms with E-state index in [1.807, 2.05) is 26.0 Å². The normalized spacial score (nSPS) is 26.2. The molecular weight excluding hydrogens is 392 g/mol. The van der Waals surface area contributed by atoms with Gasteiger partial charge in [-0.3, -0.25) is 19.2 Å². The van der Waals surface area contributed by atoms with E-state index in [-0.39, 0.29) is 13.2 Å². The van der Waals surface area contributed by atoms with Gasteiger partial charge in [0.05, 0.1) is 36.9 Å². The number of carboxylic acids is 2. The SMILES string of the molecule is CC1=CCC(C(=O)OCCCCOC(=O)C2CC(C)=CCC2C(=O)O)C(C(=O)O)C1. The molecule has 0 spiro atoms. The monoisotopic (exact) mass is 422 g/mol. The van der Waals surface area contributed by atoms with E-state index in [0.717, 1.165) is 11.1 Å². The molecule has 0 fully saturated rings. The summed E-state index contributed by atoms with van der Waals surface area (Å²) in [4.78, 5) is 47.2. The van der Waals surface area contributed by atoms with Gasteiger partial charge in [-0.15, -0.1) is 0 Å². The van der Waals surface area contributed by atoms with Gasteiger partial charge in [-0.1, -0.05) is 23.3 Å². The molecule has 0 aromatic carbocycles. The minimum absolute atomic E-state index is 0.116. The van der Waals surface area contributed by atoms with E-state index < -0.39 is 47.5 Å². The number of esters is 2. The lowest BCUT2D eigenvalue weighted by molar-refractivity contribution is -0.159. The van der Waals surface area contributed by atoms with Crippen molar-refractivity contribution in [3.05, 3.63) is 23.3 Å². The Labute approximate surface area is 175 Å². The third-order valence-corrected chi connectivity index (χ3v) is 5.76. The molecular formula is C22H30O8. The highest BCUT2D eigenvalue weighted by molar-refractivity contribution is 5.82. The van der Waals surface area contributed by atoms with E-state index in [1.165, 1.54) is 0 Å². The van der Waals surface area contributed by atoms with Gasteiger partial charge < -0.3 is 19.7 Å². The van der Waals surface area contributed by atoms with E-state index in [4.69, 9.17) is 9.47 Å². The van der Waals surface area contributed by atoms with E-state index >= 15 is 0 Å². The summed E-state index contributed by atoms with van der Waals surface area (Å²) in [5, 5.41) is 18.6. The number of carbonyl (C=O) groups is 4. The third kappa shape index (κ3) is 6.43. The molecule has 4 unspecified atom stereocenters. The summed E-state index contributed by atoms with van der Waals surface area (Å²) in [6.07, 6.45) is 6.05. The predicted octanol–water partition coefficient (Wildman–Crippen LogP) is 2.97. The van der Waals surface area contributed by atoms with Crippen LogP contribution in [0, 0.1) is 23.7 Å². The summed E-state index contributed by atoms with van der Waals surface area (Å²) in [6.45, 7) is 3.95. The molecule has 0 saturated carbocycles. The van der Waals surface area contributed by atoms with E-state index in [1.54, 1.807) is 0 Å². The fourth-order valence-corrected chi connectivity index (χ4v) is 3.93. The molecule has 0 amide bonds. The summed E-state index contributed by atoms with van der Waals surface area (Å²) in [5.74, 6) is -5.92. The lowest BCUT2D eigenvalue weighted by Gasteiger charge is -2.26. The molecule has 30 heavy (non-hydrogen) atoms. The molecule has 4 atom stereocenters. The Morgan fingerprint density at radius 3 is 1.70 bits per heavy atom. The molecule has 2 aliphatic rings. The molecule has 0 saturated heterocycles. The molecule has 0 aliphatic heterocycles. The van der Waals surface area contributed by atoms with Crippen molar-refractivity contribution >= 4 is 23.9 Å². The van der Waals surface area contributed by atoms with Crippen LogP contribution in [-0.2, 0) is 28.7 Å². The predicted molar refractivity (Wildman–Crippen MR) is 106 cm³/mol. The first-order valence-electron chi connectivity index (χ1n) is 10.3. The van der Waals surface area contributed by atoms with Crippen LogP contribution in [0.4, 0.5) is 0 Å². The summed E-state index contributed by atoms with van der Waals surface area (Å²) >= 11 is 0. The highest BCUT2D eigenvalue weighted by Gasteiger charge is 2.37. The number of hydrogen-bond donors (Lipinski definition) is 2. The highest BCUT2D eigenvalue weighted by Crippen LogP contribution is 2.32. The Bertz CT molecular complexity index is 735. The van der Waals surface area contributed by atoms with Crippen LogP contribution in [0.15, 0.2) is 23.3 Å². The summed E-state index contributed by atoms with van der Waals surface area (Å²) < 4.78 is 10.5. The first-order valence-corrected chi connectivity index (χ1v) is 10.3. The van der Waals surface area contributed by atoms with Gasteiger partial charge in [0, 0.05) is 0 Å². The highest BCUT2D eigenvalue weighted by atomic mass is 16.5. The van der Waals surface area contributed by atoms with Crippen LogP contribution < -0.4 is 0 Å². The van der Waals surface area contributed by atoms with Crippen LogP contribution >= 0.6 is 0 Å². The number of carbonyl (C=O) groups excluding carboxylic acids is 2. The van der Waals surface area contributed by atoms with E-state index in [2.05, 4.69) is 0 Å². The van der Waals surface area contributed by atoms with Gasteiger partial charge in [0.2, 0.25) is 0 Å². The summed E-state index contributed by atoms with van der Waals surface area (Å²) in [7, 11) is 0. The second-order valence-corrected chi connectivity index (χ2v) is 8.13. The van der Waals surface area contributed by atoms with Crippen molar-refractivity contribution in [3.8, 4) is 0 Å². The number of ether oxygens (including phenoxy) is 2. The number of allylic oxidation sites excluding steroid dienone is 4. The summed E-state index contributed by atoms with van der Waals surface area (Å²) in [6, 6.07) is 0. The number of rotatable bonds is 9. The van der Waals surface area contributed by atoms with Crippen LogP contribution in [0.5, 0.6) is 0 Å². The second kappa shape index (κ2) is 10.9. The van der Waals surface area contributed by atoms with Crippen molar-refractivity contribution in [3.63, 3.8) is 0 Å². The molecule has 8 heteroatoms. The Balaban J connectivity index is 1.69. The van der Waals surface area contributed by atoms with Crippen LogP contribution in [0.1, 0.15) is 52.4 Å². The smallest absolute Gasteiger partial charge is 0.310 e. The maximum atomic E-state index is 12.3. The van der Waals surface area contributed by atoms with Crippen molar-refractivity contribution in [2.75, 3.05) is 13.2 Å². The fourth-order valence-electron chi connectivity index (χ4n) is 3.93. The molecule has 2 aliphatic carbocycles. The standard InChI is InChI=1S/C22H30O8/c1-13-6-8-16(17(11-13)20(25)26)21(27)29-9-3-4-10-30-22(28)18-12-14(2)5-7-15(18)19(23)24/h5-6,15-18H,3-4,7-12H2,1-2H3,(H,23,24)(H,25,26). The minimum Gasteiger partial charge on any atom is -0.481 e. The Morgan fingerprint density at radius 2 is 1.20 bits per heavy atom. The Morgan fingerprint density at radius 1 is 0.767 bits per heavy atom. The number of hydrogen-bond acceptors (Lipinski definition) is 6. The topological polar surface area (TPSA) is 127 Å².